The Morgan fingerprint density at radius 3 is 1.40 bits per heavy atom. The summed E-state index contributed by atoms with van der Waals surface area (Å²) in [7, 11) is 3.33. The van der Waals surface area contributed by atoms with Gasteiger partial charge in [0.15, 0.2) is 0 Å². The Morgan fingerprint density at radius 2 is 1.07 bits per heavy atom. The number of methoxy groups -OCH3 is 2. The molecule has 0 unspecified atom stereocenters. The molecule has 0 fully saturated rings. The van der Waals surface area contributed by atoms with Crippen LogP contribution in [0.1, 0.15) is 0 Å². The summed E-state index contributed by atoms with van der Waals surface area (Å²) < 4.78 is 10.4. The number of hydrogen-bond acceptors (Lipinski definition) is 6. The molecule has 6 nitrogen and oxygen atoms in total. The Bertz CT molecular complexity index is 780. The summed E-state index contributed by atoms with van der Waals surface area (Å²) in [5, 5.41) is 0. The predicted octanol–water partition coefficient (Wildman–Crippen LogP) is 5.23. The van der Waals surface area contributed by atoms with Gasteiger partial charge in [-0.3, -0.25) is 0 Å². The quantitative estimate of drug-likeness (QED) is 0.409. The number of hydrogen-bond donors (Lipinski definition) is 0. The second-order valence-electron chi connectivity index (χ2n) is 6.06. The molecule has 2 aromatic rings. The van der Waals surface area contributed by atoms with Crippen LogP contribution in [0.5, 0.6) is 11.5 Å². The van der Waals surface area contributed by atoms with E-state index < -0.39 is 0 Å². The van der Waals surface area contributed by atoms with Crippen LogP contribution in [0.15, 0.2) is 73.3 Å². The van der Waals surface area contributed by atoms with Crippen LogP contribution in [0.2, 0.25) is 0 Å². The second-order valence-corrected chi connectivity index (χ2v) is 13.2. The summed E-state index contributed by atoms with van der Waals surface area (Å²) in [6.45, 7) is 7.23. The van der Waals surface area contributed by atoms with Gasteiger partial charge in [-0.25, -0.2) is 0 Å². The molecule has 4 radical (unpaired) electrons. The molecule has 0 saturated carbocycles. The number of ether oxygens (including phenoxy) is 2. The van der Waals surface area contributed by atoms with Crippen LogP contribution in [-0.4, -0.2) is 30.7 Å². The topological polar surface area (TPSA) is 31.4 Å². The van der Waals surface area contributed by atoms with Crippen molar-refractivity contribution in [1.29, 1.82) is 0 Å². The van der Waals surface area contributed by atoms with Gasteiger partial charge in [0.2, 0.25) is 13.3 Å². The minimum absolute atomic E-state index is 0.575. The van der Waals surface area contributed by atoms with Gasteiger partial charge in [-0.1, -0.05) is 0 Å². The first-order chi connectivity index (χ1) is 14.7. The first kappa shape index (κ1) is 23.0. The molecule has 0 saturated heterocycles. The van der Waals surface area contributed by atoms with Gasteiger partial charge in [0.05, 0.1) is 20.9 Å². The average Bonchev–Trinajstić information content (AvgIpc) is 3.45. The van der Waals surface area contributed by atoms with Crippen LogP contribution in [0, 0.1) is 13.3 Å². The molecule has 2 aromatic carbocycles. The van der Waals surface area contributed by atoms with Crippen LogP contribution in [0.25, 0.3) is 0 Å². The molecule has 4 rings (SSSR count). The molecule has 2 aliphatic rings. The molecule has 9 heteroatoms. The van der Waals surface area contributed by atoms with E-state index in [1.165, 1.54) is 0 Å². The van der Waals surface area contributed by atoms with Crippen LogP contribution in [0.4, 0.5) is 11.4 Å². The molecule has 160 valence electrons. The molecule has 30 heavy (non-hydrogen) atoms. The zero-order valence-corrected chi connectivity index (χ0v) is 21.0. The van der Waals surface area contributed by atoms with Crippen molar-refractivity contribution in [3.8, 4) is 11.5 Å². The zero-order valence-electron chi connectivity index (χ0n) is 16.3. The van der Waals surface area contributed by atoms with Gasteiger partial charge >= 0.3 is 40.8 Å². The van der Waals surface area contributed by atoms with Crippen molar-refractivity contribution in [3.05, 3.63) is 86.7 Å². The maximum absolute atomic E-state index is 5.20. The molecular formula is C21H20Br2N4O2Pd. The molecule has 0 N–H and O–H groups in total. The van der Waals surface area contributed by atoms with Crippen molar-refractivity contribution in [2.75, 3.05) is 30.7 Å². The predicted molar refractivity (Wildman–Crippen MR) is 122 cm³/mol. The fourth-order valence-corrected chi connectivity index (χ4v) is 2.80. The fraction of sp³-hybridized carbons (Fsp3) is 0.143. The molecular weight excluding hydrogens is 606 g/mol. The summed E-state index contributed by atoms with van der Waals surface area (Å²) in [4.78, 5) is 7.83. The van der Waals surface area contributed by atoms with Crippen molar-refractivity contribution in [3.63, 3.8) is 0 Å². The van der Waals surface area contributed by atoms with E-state index in [1.54, 1.807) is 14.2 Å². The van der Waals surface area contributed by atoms with Gasteiger partial charge in [0.1, 0.15) is 11.5 Å². The minimum atomic E-state index is 0.575. The summed E-state index contributed by atoms with van der Waals surface area (Å²) >= 11 is 6.80. The second kappa shape index (κ2) is 11.7. The van der Waals surface area contributed by atoms with E-state index in [2.05, 4.69) is 40.2 Å². The Hall–Kier alpha value is -1.66. The van der Waals surface area contributed by atoms with Gasteiger partial charge < -0.3 is 29.1 Å². The van der Waals surface area contributed by atoms with Crippen LogP contribution in [-0.2, 0) is 13.9 Å². The Morgan fingerprint density at radius 1 is 0.700 bits per heavy atom. The number of halogens is 2. The zero-order chi connectivity index (χ0) is 21.3. The first-order valence-electron chi connectivity index (χ1n) is 8.78. The molecule has 0 amide bonds. The van der Waals surface area contributed by atoms with E-state index in [0.29, 0.717) is 20.6 Å². The molecule has 0 atom stereocenters. The summed E-state index contributed by atoms with van der Waals surface area (Å²) in [5.74, 6) is 1.67. The fourth-order valence-electron chi connectivity index (χ4n) is 2.80. The molecule has 0 bridgehead atoms. The third-order valence-corrected chi connectivity index (χ3v) is 4.27. The van der Waals surface area contributed by atoms with Crippen molar-refractivity contribution in [1.82, 2.24) is 9.80 Å². The number of anilines is 2. The van der Waals surface area contributed by atoms with Gasteiger partial charge in [-0.2, -0.15) is 0 Å². The van der Waals surface area contributed by atoms with Gasteiger partial charge in [0, 0.05) is 36.2 Å². The molecule has 0 spiro atoms. The van der Waals surface area contributed by atoms with E-state index in [-0.39, 0.29) is 0 Å². The van der Waals surface area contributed by atoms with Gasteiger partial charge in [-0.05, 0) is 48.5 Å². The summed E-state index contributed by atoms with van der Waals surface area (Å²) in [5.41, 5.74) is 2.05. The number of rotatable bonds is 6. The number of nitrogens with zero attached hydrogens (tertiary/aromatic N) is 4. The van der Waals surface area contributed by atoms with E-state index in [9.17, 15) is 0 Å². The Balaban J connectivity index is 0.000000806. The molecule has 0 aliphatic carbocycles. The third-order valence-electron chi connectivity index (χ3n) is 4.27. The SMILES string of the molecule is COc1ccc(N2[C]N(CN3[C]N(c4ccc(OC)cc4)C=C3)C=C2)cc1.[Br][Pd][Br]. The first-order valence-corrected chi connectivity index (χ1v) is 15.9. The summed E-state index contributed by atoms with van der Waals surface area (Å²) in [6.07, 6.45) is 7.91. The van der Waals surface area contributed by atoms with Crippen molar-refractivity contribution in [2.24, 2.45) is 0 Å². The van der Waals surface area contributed by atoms with Crippen LogP contribution >= 0.6 is 26.9 Å². The van der Waals surface area contributed by atoms with E-state index in [0.717, 1.165) is 22.9 Å². The average molecular weight is 627 g/mol. The molecule has 2 aliphatic heterocycles. The summed E-state index contributed by atoms with van der Waals surface area (Å²) in [6, 6.07) is 15.7. The molecule has 2 heterocycles. The van der Waals surface area contributed by atoms with E-state index in [1.807, 2.05) is 92.9 Å². The van der Waals surface area contributed by atoms with E-state index >= 15 is 0 Å². The Kier molecular flexibility index (Phi) is 8.94. The van der Waals surface area contributed by atoms with Gasteiger partial charge in [0.25, 0.3) is 0 Å². The maximum atomic E-state index is 5.20. The Labute approximate surface area is 199 Å². The molecule has 0 aromatic heterocycles. The monoisotopic (exact) mass is 624 g/mol. The van der Waals surface area contributed by atoms with Gasteiger partial charge in [-0.15, -0.1) is 0 Å². The van der Waals surface area contributed by atoms with Crippen molar-refractivity contribution < 1.29 is 23.4 Å². The normalized spacial score (nSPS) is 14.9. The standard InChI is InChI=1S/C21H20N4O2.2BrH.Pd/c1-26-20-7-3-18(4-8-20)24-13-11-22(16-24)15-23-12-14-25(17-23)19-5-9-21(27-2)10-6-19;;;/h3-14H,15H2,1-2H3;2*1H;/q;;;+2/p-2. The van der Waals surface area contributed by atoms with Crippen LogP contribution in [0.3, 0.4) is 0 Å². The van der Waals surface area contributed by atoms with Crippen molar-refractivity contribution >= 4 is 38.2 Å². The van der Waals surface area contributed by atoms with E-state index in [4.69, 9.17) is 9.47 Å². The van der Waals surface area contributed by atoms with Crippen LogP contribution < -0.4 is 19.3 Å². The van der Waals surface area contributed by atoms with Crippen molar-refractivity contribution in [2.45, 2.75) is 0 Å². The third kappa shape index (κ3) is 6.18. The number of benzene rings is 2.